The number of carbonyl (C=O) groups excluding carboxylic acids is 1. The van der Waals surface area contributed by atoms with Crippen molar-refractivity contribution in [3.05, 3.63) is 39.2 Å². The van der Waals surface area contributed by atoms with Gasteiger partial charge in [-0.05, 0) is 36.6 Å². The Kier molecular flexibility index (Phi) is 7.40. The van der Waals surface area contributed by atoms with E-state index >= 15 is 0 Å². The van der Waals surface area contributed by atoms with Gasteiger partial charge in [-0.2, -0.15) is 4.68 Å². The summed E-state index contributed by atoms with van der Waals surface area (Å²) in [5, 5.41) is 17.5. The number of amides is 1. The van der Waals surface area contributed by atoms with Crippen LogP contribution in [0.5, 0.6) is 11.5 Å². The zero-order valence-electron chi connectivity index (χ0n) is 17.5. The zero-order valence-corrected chi connectivity index (χ0v) is 18.3. The average Bonchev–Trinajstić information content (AvgIpc) is 3.10. The molecule has 1 heterocycles. The Morgan fingerprint density at radius 1 is 1.29 bits per heavy atom. The standard InChI is InChI=1S/C21H26ClN3O6/c1-29-15-8-6-14(18(22)19(15)30-2)7-9-17-24-25(20(27)31-17)12-16(26)23-13-21(28)10-4-3-5-11-21/h6-9,28H,3-5,10-13H2,1-2H3,(H,23,26). The summed E-state index contributed by atoms with van der Waals surface area (Å²) in [5.41, 5.74) is -0.273. The van der Waals surface area contributed by atoms with Crippen molar-refractivity contribution in [3.63, 3.8) is 0 Å². The van der Waals surface area contributed by atoms with Crippen molar-refractivity contribution < 1.29 is 23.8 Å². The number of halogens is 1. The highest BCUT2D eigenvalue weighted by Gasteiger charge is 2.29. The van der Waals surface area contributed by atoms with Crippen LogP contribution in [0.25, 0.3) is 12.2 Å². The molecule has 0 unspecified atom stereocenters. The van der Waals surface area contributed by atoms with Gasteiger partial charge in [0.15, 0.2) is 11.5 Å². The highest BCUT2D eigenvalue weighted by atomic mass is 35.5. The monoisotopic (exact) mass is 451 g/mol. The summed E-state index contributed by atoms with van der Waals surface area (Å²) in [6.07, 6.45) is 7.36. The number of aromatic nitrogens is 2. The molecule has 1 aromatic carbocycles. The first-order valence-corrected chi connectivity index (χ1v) is 10.4. The van der Waals surface area contributed by atoms with E-state index in [1.165, 1.54) is 20.3 Å². The molecule has 0 saturated heterocycles. The topological polar surface area (TPSA) is 116 Å². The number of carbonyl (C=O) groups is 1. The molecule has 0 spiro atoms. The number of nitrogens with zero attached hydrogens (tertiary/aromatic N) is 2. The number of benzene rings is 1. The van der Waals surface area contributed by atoms with Crippen LogP contribution in [-0.4, -0.2) is 47.2 Å². The van der Waals surface area contributed by atoms with E-state index in [2.05, 4.69) is 10.4 Å². The third-order valence-electron chi connectivity index (χ3n) is 5.23. The Labute approximate surface area is 184 Å². The lowest BCUT2D eigenvalue weighted by Crippen LogP contribution is -2.45. The van der Waals surface area contributed by atoms with Crippen LogP contribution < -0.4 is 20.5 Å². The summed E-state index contributed by atoms with van der Waals surface area (Å²) < 4.78 is 16.4. The van der Waals surface area contributed by atoms with Gasteiger partial charge in [0, 0.05) is 12.6 Å². The van der Waals surface area contributed by atoms with Crippen molar-refractivity contribution in [2.24, 2.45) is 0 Å². The molecule has 0 bridgehead atoms. The molecule has 2 N–H and O–H groups in total. The fourth-order valence-electron chi connectivity index (χ4n) is 3.53. The van der Waals surface area contributed by atoms with Crippen molar-refractivity contribution >= 4 is 29.7 Å². The van der Waals surface area contributed by atoms with E-state index < -0.39 is 17.3 Å². The lowest BCUT2D eigenvalue weighted by Gasteiger charge is -2.32. The molecule has 2 aromatic rings. The van der Waals surface area contributed by atoms with Gasteiger partial charge < -0.3 is 24.3 Å². The van der Waals surface area contributed by atoms with Crippen LogP contribution in [0.1, 0.15) is 43.6 Å². The SMILES string of the molecule is COc1ccc(C=Cc2nn(CC(=O)NCC3(O)CCCCC3)c(=O)o2)c(Cl)c1OC. The first kappa shape index (κ1) is 22.9. The third-order valence-corrected chi connectivity index (χ3v) is 5.62. The molecule has 1 aliphatic carbocycles. The normalized spacial score (nSPS) is 15.7. The van der Waals surface area contributed by atoms with Gasteiger partial charge in [0.25, 0.3) is 0 Å². The van der Waals surface area contributed by atoms with Gasteiger partial charge in [-0.15, -0.1) is 5.10 Å². The maximum absolute atomic E-state index is 12.2. The van der Waals surface area contributed by atoms with Crippen molar-refractivity contribution in [1.82, 2.24) is 15.1 Å². The molecular formula is C21H26ClN3O6. The Morgan fingerprint density at radius 3 is 2.71 bits per heavy atom. The number of hydrogen-bond donors (Lipinski definition) is 2. The Bertz CT molecular complexity index is 1010. The minimum absolute atomic E-state index is 0.0227. The maximum atomic E-state index is 12.2. The van der Waals surface area contributed by atoms with Gasteiger partial charge in [-0.3, -0.25) is 4.79 Å². The van der Waals surface area contributed by atoms with Crippen LogP contribution in [0.3, 0.4) is 0 Å². The van der Waals surface area contributed by atoms with Crippen molar-refractivity contribution in [3.8, 4) is 11.5 Å². The number of nitrogens with one attached hydrogen (secondary N) is 1. The molecule has 0 radical (unpaired) electrons. The first-order valence-electron chi connectivity index (χ1n) is 10.0. The minimum Gasteiger partial charge on any atom is -0.493 e. The maximum Gasteiger partial charge on any atom is 0.437 e. The molecule has 0 atom stereocenters. The lowest BCUT2D eigenvalue weighted by atomic mass is 9.85. The van der Waals surface area contributed by atoms with E-state index in [0.29, 0.717) is 34.9 Å². The predicted octanol–water partition coefficient (Wildman–Crippen LogP) is 2.49. The van der Waals surface area contributed by atoms with Crippen LogP contribution in [0, 0.1) is 0 Å². The highest BCUT2D eigenvalue weighted by molar-refractivity contribution is 6.33. The summed E-state index contributed by atoms with van der Waals surface area (Å²) in [7, 11) is 2.99. The van der Waals surface area contributed by atoms with Crippen LogP contribution in [0.15, 0.2) is 21.3 Å². The van der Waals surface area contributed by atoms with Crippen LogP contribution >= 0.6 is 11.6 Å². The molecule has 10 heteroatoms. The third kappa shape index (κ3) is 5.68. The van der Waals surface area contributed by atoms with E-state index in [-0.39, 0.29) is 19.0 Å². The number of aliphatic hydroxyl groups is 1. The summed E-state index contributed by atoms with van der Waals surface area (Å²) >= 11 is 6.33. The fraction of sp³-hybridized carbons (Fsp3) is 0.476. The molecule has 0 aliphatic heterocycles. The summed E-state index contributed by atoms with van der Waals surface area (Å²) in [6.45, 7) is -0.146. The summed E-state index contributed by atoms with van der Waals surface area (Å²) in [4.78, 5) is 24.2. The number of hydrogen-bond acceptors (Lipinski definition) is 7. The molecule has 1 amide bonds. The molecule has 1 fully saturated rings. The van der Waals surface area contributed by atoms with Gasteiger partial charge in [0.2, 0.25) is 11.8 Å². The molecule has 31 heavy (non-hydrogen) atoms. The van der Waals surface area contributed by atoms with Crippen molar-refractivity contribution in [1.29, 1.82) is 0 Å². The second kappa shape index (κ2) is 10.0. The van der Waals surface area contributed by atoms with E-state index in [0.717, 1.165) is 23.9 Å². The molecule has 1 saturated carbocycles. The van der Waals surface area contributed by atoms with Crippen LogP contribution in [-0.2, 0) is 11.3 Å². The number of ether oxygens (including phenoxy) is 2. The van der Waals surface area contributed by atoms with E-state index in [4.69, 9.17) is 25.5 Å². The van der Waals surface area contributed by atoms with E-state index in [9.17, 15) is 14.7 Å². The zero-order chi connectivity index (χ0) is 22.4. The van der Waals surface area contributed by atoms with E-state index in [1.54, 1.807) is 18.2 Å². The molecule has 1 aliphatic rings. The Morgan fingerprint density at radius 2 is 2.03 bits per heavy atom. The average molecular weight is 452 g/mol. The first-order chi connectivity index (χ1) is 14.8. The molecule has 168 valence electrons. The Balaban J connectivity index is 1.64. The van der Waals surface area contributed by atoms with Crippen LogP contribution in [0.2, 0.25) is 5.02 Å². The Hall–Kier alpha value is -2.78. The van der Waals surface area contributed by atoms with Crippen molar-refractivity contribution in [2.45, 2.75) is 44.2 Å². The molecule has 1 aromatic heterocycles. The molecule has 9 nitrogen and oxygen atoms in total. The highest BCUT2D eigenvalue weighted by Crippen LogP contribution is 2.37. The fourth-order valence-corrected chi connectivity index (χ4v) is 3.82. The molecular weight excluding hydrogens is 426 g/mol. The van der Waals surface area contributed by atoms with Gasteiger partial charge in [-0.25, -0.2) is 4.79 Å². The van der Waals surface area contributed by atoms with Gasteiger partial charge >= 0.3 is 5.76 Å². The number of methoxy groups -OCH3 is 2. The smallest absolute Gasteiger partial charge is 0.437 e. The second-order valence-electron chi connectivity index (χ2n) is 7.46. The number of rotatable bonds is 8. The quantitative estimate of drug-likeness (QED) is 0.633. The van der Waals surface area contributed by atoms with Gasteiger partial charge in [0.1, 0.15) is 6.54 Å². The minimum atomic E-state index is -0.880. The van der Waals surface area contributed by atoms with E-state index in [1.807, 2.05) is 0 Å². The predicted molar refractivity (Wildman–Crippen MR) is 115 cm³/mol. The summed E-state index contributed by atoms with van der Waals surface area (Å²) in [5.74, 6) is -0.286. The summed E-state index contributed by atoms with van der Waals surface area (Å²) in [6, 6.07) is 3.42. The van der Waals surface area contributed by atoms with Crippen molar-refractivity contribution in [2.75, 3.05) is 20.8 Å². The lowest BCUT2D eigenvalue weighted by molar-refractivity contribution is -0.123. The largest absolute Gasteiger partial charge is 0.493 e. The second-order valence-corrected chi connectivity index (χ2v) is 7.84. The van der Waals surface area contributed by atoms with Gasteiger partial charge in [0.05, 0.1) is 24.8 Å². The van der Waals surface area contributed by atoms with Crippen LogP contribution in [0.4, 0.5) is 0 Å². The molecule has 3 rings (SSSR count). The van der Waals surface area contributed by atoms with Gasteiger partial charge in [-0.1, -0.05) is 30.9 Å².